The molecule has 2 N–H and O–H groups in total. The number of hydrogen-bond donors (Lipinski definition) is 2. The minimum atomic E-state index is 0.254. The van der Waals surface area contributed by atoms with Gasteiger partial charge in [-0.05, 0) is 18.4 Å². The molecule has 1 fully saturated rings. The molecule has 3 rings (SSSR count). The lowest BCUT2D eigenvalue weighted by atomic mass is 9.64. The van der Waals surface area contributed by atoms with Crippen molar-refractivity contribution in [1.82, 2.24) is 15.6 Å². The lowest BCUT2D eigenvalue weighted by Crippen LogP contribution is -2.48. The van der Waals surface area contributed by atoms with E-state index >= 15 is 0 Å². The Morgan fingerprint density at radius 3 is 2.56 bits per heavy atom. The number of aromatic nitrogens is 1. The van der Waals surface area contributed by atoms with Gasteiger partial charge in [0.05, 0.1) is 17.2 Å². The Morgan fingerprint density at radius 2 is 2.00 bits per heavy atom. The van der Waals surface area contributed by atoms with Gasteiger partial charge in [0.15, 0.2) is 5.96 Å². The average molecular weight is 357 g/mol. The molecular weight excluding hydrogens is 328 g/mol. The maximum absolute atomic E-state index is 4.67. The monoisotopic (exact) mass is 356 g/mol. The zero-order chi connectivity index (χ0) is 17.7. The number of rotatable bonds is 6. The van der Waals surface area contributed by atoms with E-state index in [2.05, 4.69) is 70.2 Å². The Labute approximate surface area is 154 Å². The maximum Gasteiger partial charge on any atom is 0.191 e. The van der Waals surface area contributed by atoms with E-state index < -0.39 is 0 Å². The van der Waals surface area contributed by atoms with E-state index in [1.165, 1.54) is 29.8 Å². The highest BCUT2D eigenvalue weighted by Gasteiger charge is 2.38. The molecule has 2 aromatic rings. The van der Waals surface area contributed by atoms with Crippen molar-refractivity contribution < 1.29 is 0 Å². The molecule has 1 aliphatic rings. The van der Waals surface area contributed by atoms with Crippen LogP contribution in [0.4, 0.5) is 0 Å². The molecule has 1 saturated carbocycles. The lowest BCUT2D eigenvalue weighted by Gasteiger charge is -2.43. The third-order valence-electron chi connectivity index (χ3n) is 5.02. The van der Waals surface area contributed by atoms with Gasteiger partial charge in [0, 0.05) is 30.3 Å². The van der Waals surface area contributed by atoms with Gasteiger partial charge >= 0.3 is 0 Å². The lowest BCUT2D eigenvalue weighted by molar-refractivity contribution is 0.244. The first kappa shape index (κ1) is 17.9. The molecular formula is C20H28N4S. The van der Waals surface area contributed by atoms with Crippen LogP contribution in [0, 0.1) is 0 Å². The fraction of sp³-hybridized carbons (Fsp3) is 0.500. The highest BCUT2D eigenvalue weighted by Crippen LogP contribution is 2.43. The smallest absolute Gasteiger partial charge is 0.191 e. The molecule has 0 saturated heterocycles. The van der Waals surface area contributed by atoms with Gasteiger partial charge in [-0.25, -0.2) is 4.98 Å². The van der Waals surface area contributed by atoms with E-state index in [1.807, 2.05) is 7.05 Å². The normalized spacial score (nSPS) is 16.6. The van der Waals surface area contributed by atoms with Crippen molar-refractivity contribution in [2.75, 3.05) is 13.6 Å². The van der Waals surface area contributed by atoms with E-state index in [0.29, 0.717) is 12.5 Å². The Bertz CT molecular complexity index is 701. The number of nitrogens with zero attached hydrogens (tertiary/aromatic N) is 2. The fourth-order valence-corrected chi connectivity index (χ4v) is 4.11. The van der Waals surface area contributed by atoms with Gasteiger partial charge in [-0.1, -0.05) is 50.6 Å². The molecule has 5 heteroatoms. The van der Waals surface area contributed by atoms with E-state index in [1.54, 1.807) is 11.3 Å². The highest BCUT2D eigenvalue weighted by molar-refractivity contribution is 7.09. The Hall–Kier alpha value is -1.88. The largest absolute Gasteiger partial charge is 0.356 e. The predicted molar refractivity (Wildman–Crippen MR) is 106 cm³/mol. The van der Waals surface area contributed by atoms with Crippen molar-refractivity contribution in [3.05, 3.63) is 52.0 Å². The van der Waals surface area contributed by atoms with Crippen LogP contribution in [0.5, 0.6) is 0 Å². The minimum Gasteiger partial charge on any atom is -0.356 e. The molecule has 1 aliphatic carbocycles. The van der Waals surface area contributed by atoms with Gasteiger partial charge in [0.25, 0.3) is 0 Å². The van der Waals surface area contributed by atoms with Gasteiger partial charge in [-0.3, -0.25) is 4.99 Å². The molecule has 25 heavy (non-hydrogen) atoms. The molecule has 1 aromatic carbocycles. The molecule has 134 valence electrons. The second-order valence-electron chi connectivity index (χ2n) is 7.11. The molecule has 1 aromatic heterocycles. The van der Waals surface area contributed by atoms with Crippen molar-refractivity contribution in [1.29, 1.82) is 0 Å². The van der Waals surface area contributed by atoms with Crippen molar-refractivity contribution in [3.63, 3.8) is 0 Å². The molecule has 0 spiro atoms. The standard InChI is InChI=1S/C20H28N4S/c1-15(2)18-24-17(13-25-18)12-22-19(21-3)23-14-20(10-7-11-20)16-8-5-4-6-9-16/h4-6,8-9,13,15H,7,10-12,14H2,1-3H3,(H2,21,22,23). The maximum atomic E-state index is 4.67. The van der Waals surface area contributed by atoms with Crippen molar-refractivity contribution >= 4 is 17.3 Å². The van der Waals surface area contributed by atoms with Crippen LogP contribution in [-0.4, -0.2) is 24.5 Å². The number of hydrogen-bond acceptors (Lipinski definition) is 3. The molecule has 4 nitrogen and oxygen atoms in total. The second kappa shape index (κ2) is 8.00. The second-order valence-corrected chi connectivity index (χ2v) is 8.00. The van der Waals surface area contributed by atoms with Crippen LogP contribution in [0.1, 0.15) is 55.3 Å². The SMILES string of the molecule is CN=C(NCc1csc(C(C)C)n1)NCC1(c2ccccc2)CCC1. The Balaban J connectivity index is 1.55. The quantitative estimate of drug-likeness (QED) is 0.606. The molecule has 0 aliphatic heterocycles. The summed E-state index contributed by atoms with van der Waals surface area (Å²) in [6.07, 6.45) is 3.79. The first-order valence-corrected chi connectivity index (χ1v) is 9.95. The van der Waals surface area contributed by atoms with Crippen LogP contribution >= 0.6 is 11.3 Å². The summed E-state index contributed by atoms with van der Waals surface area (Å²) in [4.78, 5) is 9.04. The molecule has 0 amide bonds. The van der Waals surface area contributed by atoms with Gasteiger partial charge < -0.3 is 10.6 Å². The van der Waals surface area contributed by atoms with Crippen molar-refractivity contribution in [2.24, 2.45) is 4.99 Å². The minimum absolute atomic E-state index is 0.254. The van der Waals surface area contributed by atoms with Gasteiger partial charge in [-0.2, -0.15) is 0 Å². The van der Waals surface area contributed by atoms with Gasteiger partial charge in [0.2, 0.25) is 0 Å². The summed E-state index contributed by atoms with van der Waals surface area (Å²) in [7, 11) is 1.83. The van der Waals surface area contributed by atoms with E-state index in [0.717, 1.165) is 18.2 Å². The summed E-state index contributed by atoms with van der Waals surface area (Å²) in [6.45, 7) is 5.99. The van der Waals surface area contributed by atoms with Crippen LogP contribution in [0.2, 0.25) is 0 Å². The third-order valence-corrected chi connectivity index (χ3v) is 6.21. The first-order valence-electron chi connectivity index (χ1n) is 9.07. The molecule has 1 heterocycles. The topological polar surface area (TPSA) is 49.3 Å². The van der Waals surface area contributed by atoms with E-state index in [9.17, 15) is 0 Å². The summed E-state index contributed by atoms with van der Waals surface area (Å²) >= 11 is 1.73. The zero-order valence-corrected chi connectivity index (χ0v) is 16.2. The van der Waals surface area contributed by atoms with E-state index in [-0.39, 0.29) is 5.41 Å². The zero-order valence-electron chi connectivity index (χ0n) is 15.4. The molecule has 0 bridgehead atoms. The summed E-state index contributed by atoms with van der Waals surface area (Å²) in [6, 6.07) is 10.9. The number of guanidine groups is 1. The summed E-state index contributed by atoms with van der Waals surface area (Å²) in [5.74, 6) is 1.34. The summed E-state index contributed by atoms with van der Waals surface area (Å²) in [5, 5.41) is 10.2. The predicted octanol–water partition coefficient (Wildman–Crippen LogP) is 4.05. The van der Waals surface area contributed by atoms with Crippen molar-refractivity contribution in [2.45, 2.75) is 51.0 Å². The van der Waals surface area contributed by atoms with E-state index in [4.69, 9.17) is 0 Å². The number of aliphatic imine (C=N–C) groups is 1. The first-order chi connectivity index (χ1) is 12.1. The highest BCUT2D eigenvalue weighted by atomic mass is 32.1. The van der Waals surface area contributed by atoms with Gasteiger partial charge in [0.1, 0.15) is 0 Å². The van der Waals surface area contributed by atoms with Gasteiger partial charge in [-0.15, -0.1) is 11.3 Å². The average Bonchev–Trinajstić information content (AvgIpc) is 3.07. The Kier molecular flexibility index (Phi) is 5.74. The number of thiazole rings is 1. The van der Waals surface area contributed by atoms with Crippen LogP contribution in [-0.2, 0) is 12.0 Å². The van der Waals surface area contributed by atoms with Crippen molar-refractivity contribution in [3.8, 4) is 0 Å². The van der Waals surface area contributed by atoms with Crippen LogP contribution in [0.15, 0.2) is 40.7 Å². The number of nitrogens with one attached hydrogen (secondary N) is 2. The summed E-state index contributed by atoms with van der Waals surface area (Å²) < 4.78 is 0. The molecule has 0 radical (unpaired) electrons. The van der Waals surface area contributed by atoms with Crippen LogP contribution in [0.25, 0.3) is 0 Å². The van der Waals surface area contributed by atoms with Crippen LogP contribution in [0.3, 0.4) is 0 Å². The molecule has 0 unspecified atom stereocenters. The third kappa shape index (κ3) is 4.21. The molecule has 0 atom stereocenters. The Morgan fingerprint density at radius 1 is 1.24 bits per heavy atom. The van der Waals surface area contributed by atoms with Crippen LogP contribution < -0.4 is 10.6 Å². The fourth-order valence-electron chi connectivity index (χ4n) is 3.28. The number of benzene rings is 1. The summed E-state index contributed by atoms with van der Waals surface area (Å²) in [5.41, 5.74) is 2.77.